The lowest BCUT2D eigenvalue weighted by Gasteiger charge is -2.11. The van der Waals surface area contributed by atoms with Crippen molar-refractivity contribution in [3.8, 4) is 6.07 Å². The number of nitriles is 1. The molecular formula is C22H19BrF3N5O. The minimum atomic E-state index is -4.64. The molecule has 6 nitrogen and oxygen atoms in total. The number of aromatic nitrogens is 3. The molecule has 1 aliphatic heterocycles. The monoisotopic (exact) mass is 505 g/mol. The average Bonchev–Trinajstić information content (AvgIpc) is 3.36. The molecule has 166 valence electrons. The van der Waals surface area contributed by atoms with Crippen molar-refractivity contribution in [2.45, 2.75) is 43.7 Å². The molecule has 0 spiro atoms. The van der Waals surface area contributed by atoms with Crippen LogP contribution in [0, 0.1) is 11.3 Å². The van der Waals surface area contributed by atoms with E-state index in [9.17, 15) is 18.4 Å². The van der Waals surface area contributed by atoms with Gasteiger partial charge in [0, 0.05) is 22.8 Å². The highest BCUT2D eigenvalue weighted by atomic mass is 79.9. The van der Waals surface area contributed by atoms with Gasteiger partial charge in [-0.3, -0.25) is 4.99 Å². The van der Waals surface area contributed by atoms with E-state index in [1.165, 1.54) is 12.1 Å². The van der Waals surface area contributed by atoms with Gasteiger partial charge in [0.1, 0.15) is 6.54 Å². The van der Waals surface area contributed by atoms with Gasteiger partial charge in [-0.05, 0) is 31.0 Å². The maximum atomic E-state index is 13.8. The Bertz CT molecular complexity index is 1250. The summed E-state index contributed by atoms with van der Waals surface area (Å²) in [4.78, 5) is 4.30. The fourth-order valence-electron chi connectivity index (χ4n) is 3.78. The number of allylic oxidation sites excluding steroid dienone is 1. The fraction of sp³-hybridized carbons (Fsp3) is 0.364. The Morgan fingerprint density at radius 3 is 2.81 bits per heavy atom. The van der Waals surface area contributed by atoms with Crippen LogP contribution >= 0.6 is 15.9 Å². The number of fused-ring (bicyclic) bond motifs is 1. The lowest BCUT2D eigenvalue weighted by atomic mass is 10.0. The number of dihydropyridines is 1. The van der Waals surface area contributed by atoms with Crippen LogP contribution in [0.25, 0.3) is 16.5 Å². The Hall–Kier alpha value is -2.93. The van der Waals surface area contributed by atoms with E-state index >= 15 is 0 Å². The molecule has 0 saturated heterocycles. The van der Waals surface area contributed by atoms with E-state index in [0.717, 1.165) is 18.5 Å². The van der Waals surface area contributed by atoms with Gasteiger partial charge < -0.3 is 8.98 Å². The van der Waals surface area contributed by atoms with Crippen molar-refractivity contribution in [1.29, 1.82) is 5.26 Å². The first-order valence-electron chi connectivity index (χ1n) is 10.1. The third-order valence-electron chi connectivity index (χ3n) is 5.24. The number of aliphatic imine (C=N–C) groups is 1. The van der Waals surface area contributed by atoms with Gasteiger partial charge in [0.05, 0.1) is 34.1 Å². The molecule has 0 radical (unpaired) electrons. The average molecular weight is 506 g/mol. The summed E-state index contributed by atoms with van der Waals surface area (Å²) in [7, 11) is 0. The van der Waals surface area contributed by atoms with Gasteiger partial charge in [-0.15, -0.1) is 10.2 Å². The predicted octanol–water partition coefficient (Wildman–Crippen LogP) is 5.54. The van der Waals surface area contributed by atoms with Crippen molar-refractivity contribution in [1.82, 2.24) is 14.8 Å². The first-order chi connectivity index (χ1) is 15.3. The van der Waals surface area contributed by atoms with E-state index in [-0.39, 0.29) is 22.6 Å². The number of rotatable bonds is 6. The Morgan fingerprint density at radius 1 is 1.31 bits per heavy atom. The molecule has 0 amide bonds. The molecule has 10 heteroatoms. The van der Waals surface area contributed by atoms with Crippen LogP contribution in [0.1, 0.15) is 48.4 Å². The topological polar surface area (TPSA) is 80.0 Å². The summed E-state index contributed by atoms with van der Waals surface area (Å²) in [5.74, 6) is 0.585. The largest absolute Gasteiger partial charge is 0.419 e. The van der Waals surface area contributed by atoms with Crippen molar-refractivity contribution in [3.05, 3.63) is 52.9 Å². The Balaban J connectivity index is 1.78. The fourth-order valence-corrected chi connectivity index (χ4v) is 4.23. The van der Waals surface area contributed by atoms with E-state index in [1.807, 2.05) is 13.0 Å². The van der Waals surface area contributed by atoms with E-state index in [4.69, 9.17) is 4.42 Å². The van der Waals surface area contributed by atoms with Crippen LogP contribution in [0.2, 0.25) is 0 Å². The molecule has 3 heterocycles. The third kappa shape index (κ3) is 4.35. The predicted molar refractivity (Wildman–Crippen MR) is 118 cm³/mol. The van der Waals surface area contributed by atoms with Crippen LogP contribution in [-0.4, -0.2) is 32.4 Å². The van der Waals surface area contributed by atoms with Gasteiger partial charge in [0.2, 0.25) is 11.8 Å². The summed E-state index contributed by atoms with van der Waals surface area (Å²) in [6.07, 6.45) is 1.23. The second-order valence-corrected chi connectivity index (χ2v) is 8.67. The zero-order valence-corrected chi connectivity index (χ0v) is 18.7. The number of halogens is 4. The molecule has 0 saturated carbocycles. The van der Waals surface area contributed by atoms with E-state index in [1.54, 1.807) is 22.9 Å². The molecule has 1 aromatic carbocycles. The lowest BCUT2D eigenvalue weighted by Crippen LogP contribution is -2.09. The van der Waals surface area contributed by atoms with Crippen molar-refractivity contribution >= 4 is 38.6 Å². The summed E-state index contributed by atoms with van der Waals surface area (Å²) < 4.78 is 49.0. The second kappa shape index (κ2) is 8.90. The second-order valence-electron chi connectivity index (χ2n) is 7.49. The smallest absolute Gasteiger partial charge is 0.418 e. The molecule has 1 unspecified atom stereocenters. The maximum Gasteiger partial charge on any atom is 0.418 e. The Kier molecular flexibility index (Phi) is 6.20. The van der Waals surface area contributed by atoms with Gasteiger partial charge in [0.15, 0.2) is 0 Å². The molecular weight excluding hydrogens is 487 g/mol. The number of hydrogen-bond donors (Lipinski definition) is 0. The highest BCUT2D eigenvalue weighted by Crippen LogP contribution is 2.39. The zero-order valence-electron chi connectivity index (χ0n) is 17.2. The molecule has 0 bridgehead atoms. The quantitative estimate of drug-likeness (QED) is 0.412. The van der Waals surface area contributed by atoms with Crippen molar-refractivity contribution < 1.29 is 17.6 Å². The van der Waals surface area contributed by atoms with E-state index in [0.29, 0.717) is 29.9 Å². The number of nitrogens with zero attached hydrogens (tertiary/aromatic N) is 5. The van der Waals surface area contributed by atoms with Crippen LogP contribution in [0.4, 0.5) is 13.2 Å². The summed E-state index contributed by atoms with van der Waals surface area (Å²) in [6.45, 7) is 2.76. The number of alkyl halides is 4. The first kappa shape index (κ1) is 22.3. The summed E-state index contributed by atoms with van der Waals surface area (Å²) >= 11 is 3.48. The SMILES string of the molecule is CCCCc1cc2c(C(F)(F)F)c(C#N)ccc2n1Cc1nnc(C2=CC(Br)CN=C2)o1. The van der Waals surface area contributed by atoms with Crippen molar-refractivity contribution in [3.63, 3.8) is 0 Å². The van der Waals surface area contributed by atoms with Crippen LogP contribution in [0.15, 0.2) is 33.7 Å². The van der Waals surface area contributed by atoms with E-state index in [2.05, 4.69) is 31.1 Å². The van der Waals surface area contributed by atoms with Crippen LogP contribution in [0.5, 0.6) is 0 Å². The third-order valence-corrected chi connectivity index (χ3v) is 5.79. The minimum Gasteiger partial charge on any atom is -0.419 e. The molecule has 1 atom stereocenters. The first-order valence-corrected chi connectivity index (χ1v) is 11.0. The highest BCUT2D eigenvalue weighted by Gasteiger charge is 2.36. The number of hydrogen-bond acceptors (Lipinski definition) is 5. The van der Waals surface area contributed by atoms with E-state index < -0.39 is 17.3 Å². The minimum absolute atomic E-state index is 0.00615. The lowest BCUT2D eigenvalue weighted by molar-refractivity contribution is -0.136. The van der Waals surface area contributed by atoms with Crippen molar-refractivity contribution in [2.24, 2.45) is 4.99 Å². The molecule has 0 N–H and O–H groups in total. The van der Waals surface area contributed by atoms with Crippen LogP contribution in [-0.2, 0) is 19.1 Å². The zero-order chi connectivity index (χ0) is 22.9. The molecule has 2 aromatic heterocycles. The van der Waals surface area contributed by atoms with Gasteiger partial charge >= 0.3 is 6.18 Å². The van der Waals surface area contributed by atoms with Gasteiger partial charge in [-0.1, -0.05) is 35.4 Å². The van der Waals surface area contributed by atoms with Crippen LogP contribution < -0.4 is 0 Å². The summed E-state index contributed by atoms with van der Waals surface area (Å²) in [5, 5.41) is 17.4. The maximum absolute atomic E-state index is 13.8. The Labute approximate surface area is 190 Å². The van der Waals surface area contributed by atoms with Gasteiger partial charge in [-0.2, -0.15) is 18.4 Å². The van der Waals surface area contributed by atoms with Gasteiger partial charge in [0.25, 0.3) is 0 Å². The molecule has 4 rings (SSSR count). The highest BCUT2D eigenvalue weighted by molar-refractivity contribution is 9.09. The molecule has 0 aliphatic carbocycles. The summed E-state index contributed by atoms with van der Waals surface area (Å²) in [5.41, 5.74) is 0.491. The number of benzene rings is 1. The standard InChI is InChI=1S/C22H19BrF3N5O/c1-2-3-4-16-8-17-18(6-5-13(9-27)20(17)22(24,25)26)31(16)12-19-29-30-21(32-19)14-7-15(23)11-28-10-14/h5-8,10,15H,2-4,11-12H2,1H3. The van der Waals surface area contributed by atoms with Crippen molar-refractivity contribution in [2.75, 3.05) is 6.54 Å². The molecule has 0 fully saturated rings. The number of aryl methyl sites for hydroxylation is 1. The Morgan fingerprint density at radius 2 is 2.12 bits per heavy atom. The molecule has 1 aliphatic rings. The van der Waals surface area contributed by atoms with Crippen LogP contribution in [0.3, 0.4) is 0 Å². The molecule has 3 aromatic rings. The normalized spacial score (nSPS) is 16.4. The molecule has 32 heavy (non-hydrogen) atoms. The van der Waals surface area contributed by atoms with Gasteiger partial charge in [-0.25, -0.2) is 0 Å². The number of unbranched alkanes of at least 4 members (excludes halogenated alkanes) is 1. The summed E-state index contributed by atoms with van der Waals surface area (Å²) in [6, 6.07) is 5.95.